The van der Waals surface area contributed by atoms with Gasteiger partial charge in [-0.1, -0.05) is 29.8 Å². The first-order valence-corrected chi connectivity index (χ1v) is 5.13. The Hall–Kier alpha value is -0.860. The van der Waals surface area contributed by atoms with Gasteiger partial charge >= 0.3 is 0 Å². The number of allylic oxidation sites excluding steroid dienone is 1. The van der Waals surface area contributed by atoms with Gasteiger partial charge < -0.3 is 5.32 Å². The van der Waals surface area contributed by atoms with Crippen LogP contribution in [0.3, 0.4) is 0 Å². The predicted octanol–water partition coefficient (Wildman–Crippen LogP) is 2.79. The normalized spacial score (nSPS) is 11.0. The van der Waals surface area contributed by atoms with Crippen LogP contribution in [0, 0.1) is 0 Å². The molecule has 0 fully saturated rings. The van der Waals surface area contributed by atoms with Crippen molar-refractivity contribution in [3.63, 3.8) is 0 Å². The molecule has 76 valence electrons. The molecule has 0 amide bonds. The molecule has 0 saturated carbocycles. The van der Waals surface area contributed by atoms with E-state index in [4.69, 9.17) is 11.6 Å². The van der Waals surface area contributed by atoms with Gasteiger partial charge in [-0.3, -0.25) is 0 Å². The SMILES string of the molecule is C/C=C/CCNCc1ccc(Cl)nc1. The molecular weight excluding hydrogens is 196 g/mol. The molecule has 14 heavy (non-hydrogen) atoms. The number of nitrogens with one attached hydrogen (secondary N) is 1. The molecule has 1 rings (SSSR count). The Labute approximate surface area is 90.0 Å². The zero-order valence-corrected chi connectivity index (χ0v) is 9.09. The third-order valence-corrected chi connectivity index (χ3v) is 2.06. The molecule has 2 nitrogen and oxygen atoms in total. The fraction of sp³-hybridized carbons (Fsp3) is 0.364. The molecule has 0 saturated heterocycles. The van der Waals surface area contributed by atoms with Crippen molar-refractivity contribution in [2.45, 2.75) is 19.9 Å². The van der Waals surface area contributed by atoms with Gasteiger partial charge in [-0.15, -0.1) is 0 Å². The number of halogens is 1. The lowest BCUT2D eigenvalue weighted by Crippen LogP contribution is -2.14. The van der Waals surface area contributed by atoms with Crippen molar-refractivity contribution >= 4 is 11.6 Å². The second-order valence-corrected chi connectivity index (χ2v) is 3.41. The van der Waals surface area contributed by atoms with E-state index in [9.17, 15) is 0 Å². The zero-order chi connectivity index (χ0) is 10.2. The van der Waals surface area contributed by atoms with E-state index in [1.807, 2.05) is 19.1 Å². The van der Waals surface area contributed by atoms with Crippen LogP contribution in [-0.2, 0) is 6.54 Å². The molecule has 1 heterocycles. The van der Waals surface area contributed by atoms with E-state index in [2.05, 4.69) is 22.5 Å². The largest absolute Gasteiger partial charge is 0.312 e. The lowest BCUT2D eigenvalue weighted by molar-refractivity contribution is 0.693. The van der Waals surface area contributed by atoms with Crippen molar-refractivity contribution in [2.75, 3.05) is 6.54 Å². The maximum absolute atomic E-state index is 5.67. The predicted molar refractivity (Wildman–Crippen MR) is 60.4 cm³/mol. The van der Waals surface area contributed by atoms with Crippen molar-refractivity contribution in [2.24, 2.45) is 0 Å². The average molecular weight is 211 g/mol. The Bertz CT molecular complexity index is 280. The highest BCUT2D eigenvalue weighted by atomic mass is 35.5. The maximum atomic E-state index is 5.67. The van der Waals surface area contributed by atoms with Gasteiger partial charge in [-0.2, -0.15) is 0 Å². The summed E-state index contributed by atoms with van der Waals surface area (Å²) in [5.41, 5.74) is 1.16. The van der Waals surface area contributed by atoms with Gasteiger partial charge in [0.25, 0.3) is 0 Å². The molecule has 0 aromatic carbocycles. The van der Waals surface area contributed by atoms with Gasteiger partial charge in [-0.05, 0) is 31.5 Å². The molecule has 0 atom stereocenters. The molecule has 3 heteroatoms. The highest BCUT2D eigenvalue weighted by molar-refractivity contribution is 6.29. The summed E-state index contributed by atoms with van der Waals surface area (Å²) in [6.07, 6.45) is 7.07. The zero-order valence-electron chi connectivity index (χ0n) is 8.33. The van der Waals surface area contributed by atoms with E-state index >= 15 is 0 Å². The van der Waals surface area contributed by atoms with Crippen LogP contribution in [0.1, 0.15) is 18.9 Å². The Morgan fingerprint density at radius 3 is 3.00 bits per heavy atom. The molecule has 0 radical (unpaired) electrons. The number of pyridine rings is 1. The van der Waals surface area contributed by atoms with Crippen LogP contribution < -0.4 is 5.32 Å². The number of hydrogen-bond donors (Lipinski definition) is 1. The molecular formula is C11H15ClN2. The third kappa shape index (κ3) is 4.40. The molecule has 0 spiro atoms. The summed E-state index contributed by atoms with van der Waals surface area (Å²) in [6, 6.07) is 3.79. The lowest BCUT2D eigenvalue weighted by Gasteiger charge is -2.02. The second kappa shape index (κ2) is 6.57. The van der Waals surface area contributed by atoms with Crippen molar-refractivity contribution in [1.82, 2.24) is 10.3 Å². The van der Waals surface area contributed by atoms with Gasteiger partial charge in [0.1, 0.15) is 5.15 Å². The summed E-state index contributed by atoms with van der Waals surface area (Å²) in [5.74, 6) is 0. The van der Waals surface area contributed by atoms with Crippen LogP contribution in [0.5, 0.6) is 0 Å². The molecule has 1 aromatic rings. The van der Waals surface area contributed by atoms with E-state index in [1.165, 1.54) is 0 Å². The van der Waals surface area contributed by atoms with Crippen LogP contribution >= 0.6 is 11.6 Å². The standard InChI is InChI=1S/C11H15ClN2/c1-2-3-4-7-13-8-10-5-6-11(12)14-9-10/h2-3,5-6,9,13H,4,7-8H2,1H3/b3-2+. The summed E-state index contributed by atoms with van der Waals surface area (Å²) in [7, 11) is 0. The number of nitrogens with zero attached hydrogens (tertiary/aromatic N) is 1. The number of rotatable bonds is 5. The van der Waals surface area contributed by atoms with Crippen LogP contribution in [0.2, 0.25) is 5.15 Å². The number of aromatic nitrogens is 1. The Morgan fingerprint density at radius 2 is 2.36 bits per heavy atom. The smallest absolute Gasteiger partial charge is 0.129 e. The molecule has 0 bridgehead atoms. The number of hydrogen-bond acceptors (Lipinski definition) is 2. The van der Waals surface area contributed by atoms with E-state index in [0.717, 1.165) is 25.1 Å². The first-order valence-electron chi connectivity index (χ1n) is 4.75. The second-order valence-electron chi connectivity index (χ2n) is 3.02. The van der Waals surface area contributed by atoms with Crippen molar-refractivity contribution in [3.05, 3.63) is 41.2 Å². The van der Waals surface area contributed by atoms with Crippen LogP contribution in [-0.4, -0.2) is 11.5 Å². The summed E-state index contributed by atoms with van der Waals surface area (Å²) < 4.78 is 0. The van der Waals surface area contributed by atoms with E-state index in [-0.39, 0.29) is 0 Å². The average Bonchev–Trinajstić information content (AvgIpc) is 2.21. The van der Waals surface area contributed by atoms with Crippen LogP contribution in [0.25, 0.3) is 0 Å². The topological polar surface area (TPSA) is 24.9 Å². The Kier molecular flexibility index (Phi) is 5.27. The van der Waals surface area contributed by atoms with Gasteiger partial charge in [0.2, 0.25) is 0 Å². The van der Waals surface area contributed by atoms with Gasteiger partial charge in [0, 0.05) is 12.7 Å². The maximum Gasteiger partial charge on any atom is 0.129 e. The molecule has 0 aliphatic rings. The first kappa shape index (κ1) is 11.2. The van der Waals surface area contributed by atoms with Gasteiger partial charge in [0.05, 0.1) is 0 Å². The quantitative estimate of drug-likeness (QED) is 0.459. The van der Waals surface area contributed by atoms with Gasteiger partial charge in [-0.25, -0.2) is 4.98 Å². The third-order valence-electron chi connectivity index (χ3n) is 1.84. The monoisotopic (exact) mass is 210 g/mol. The van der Waals surface area contributed by atoms with Crippen LogP contribution in [0.4, 0.5) is 0 Å². The fourth-order valence-corrected chi connectivity index (χ4v) is 1.21. The van der Waals surface area contributed by atoms with E-state index < -0.39 is 0 Å². The molecule has 0 aliphatic carbocycles. The minimum Gasteiger partial charge on any atom is -0.312 e. The molecule has 0 unspecified atom stereocenters. The summed E-state index contributed by atoms with van der Waals surface area (Å²) in [4.78, 5) is 4.01. The summed E-state index contributed by atoms with van der Waals surface area (Å²) in [6.45, 7) is 3.87. The van der Waals surface area contributed by atoms with Crippen LogP contribution in [0.15, 0.2) is 30.5 Å². The highest BCUT2D eigenvalue weighted by Crippen LogP contribution is 2.04. The summed E-state index contributed by atoms with van der Waals surface area (Å²) >= 11 is 5.67. The molecule has 0 aliphatic heterocycles. The Balaban J connectivity index is 2.21. The van der Waals surface area contributed by atoms with E-state index in [0.29, 0.717) is 5.15 Å². The minimum absolute atomic E-state index is 0.544. The fourth-order valence-electron chi connectivity index (χ4n) is 1.10. The Morgan fingerprint density at radius 1 is 1.50 bits per heavy atom. The highest BCUT2D eigenvalue weighted by Gasteiger charge is 1.92. The van der Waals surface area contributed by atoms with E-state index in [1.54, 1.807) is 6.20 Å². The minimum atomic E-state index is 0.544. The van der Waals surface area contributed by atoms with Crippen molar-refractivity contribution in [3.8, 4) is 0 Å². The first-order chi connectivity index (χ1) is 6.83. The van der Waals surface area contributed by atoms with Gasteiger partial charge in [0.15, 0.2) is 0 Å². The van der Waals surface area contributed by atoms with Crippen molar-refractivity contribution < 1.29 is 0 Å². The summed E-state index contributed by atoms with van der Waals surface area (Å²) in [5, 5.41) is 3.87. The van der Waals surface area contributed by atoms with Crippen molar-refractivity contribution in [1.29, 1.82) is 0 Å². The lowest BCUT2D eigenvalue weighted by atomic mass is 10.3. The molecule has 1 aromatic heterocycles. The molecule has 1 N–H and O–H groups in total.